The quantitative estimate of drug-likeness (QED) is 0.438. The van der Waals surface area contributed by atoms with Gasteiger partial charge in [-0.2, -0.15) is 0 Å². The molecule has 0 aliphatic rings. The van der Waals surface area contributed by atoms with Crippen LogP contribution >= 0.6 is 0 Å². The maximum atomic E-state index is 13.2. The molecule has 5 nitrogen and oxygen atoms in total. The largest absolute Gasteiger partial charge is 0.494 e. The Morgan fingerprint density at radius 2 is 1.75 bits per heavy atom. The lowest BCUT2D eigenvalue weighted by molar-refractivity contribution is -0.141. The molecule has 1 N–H and O–H groups in total. The van der Waals surface area contributed by atoms with Gasteiger partial charge in [-0.05, 0) is 50.8 Å². The van der Waals surface area contributed by atoms with E-state index in [1.807, 2.05) is 63.2 Å². The van der Waals surface area contributed by atoms with Crippen molar-refractivity contribution in [2.24, 2.45) is 0 Å². The Kier molecular flexibility index (Phi) is 10.8. The summed E-state index contributed by atoms with van der Waals surface area (Å²) >= 11 is 0. The molecule has 0 fully saturated rings. The first-order valence-electron chi connectivity index (χ1n) is 11.8. The predicted molar refractivity (Wildman–Crippen MR) is 130 cm³/mol. The number of carbonyl (C=O) groups excluding carboxylic acids is 2. The van der Waals surface area contributed by atoms with E-state index in [4.69, 9.17) is 4.74 Å². The minimum atomic E-state index is -0.474. The first-order chi connectivity index (χ1) is 15.4. The fraction of sp³-hybridized carbons (Fsp3) is 0.481. The van der Waals surface area contributed by atoms with E-state index in [2.05, 4.69) is 18.3 Å². The van der Waals surface area contributed by atoms with Crippen LogP contribution in [0, 0.1) is 13.8 Å². The van der Waals surface area contributed by atoms with Crippen LogP contribution < -0.4 is 10.1 Å². The van der Waals surface area contributed by atoms with Gasteiger partial charge in [-0.15, -0.1) is 0 Å². The SMILES string of the molecule is CCCCNC(=O)C(CC)N(Cc1cccc(C)c1)C(=O)CCCOc1ccc(C)cc1. The van der Waals surface area contributed by atoms with Gasteiger partial charge in [0.2, 0.25) is 11.8 Å². The van der Waals surface area contributed by atoms with E-state index in [0.29, 0.717) is 39.0 Å². The van der Waals surface area contributed by atoms with E-state index in [-0.39, 0.29) is 11.8 Å². The van der Waals surface area contributed by atoms with E-state index < -0.39 is 6.04 Å². The van der Waals surface area contributed by atoms with Crippen LogP contribution in [0.25, 0.3) is 0 Å². The normalized spacial score (nSPS) is 11.6. The van der Waals surface area contributed by atoms with Gasteiger partial charge in [-0.1, -0.05) is 67.8 Å². The van der Waals surface area contributed by atoms with Crippen LogP contribution in [0.3, 0.4) is 0 Å². The molecule has 2 aromatic rings. The Bertz CT molecular complexity index is 848. The summed E-state index contributed by atoms with van der Waals surface area (Å²) in [6.07, 6.45) is 3.48. The van der Waals surface area contributed by atoms with E-state index in [1.165, 1.54) is 5.56 Å². The highest BCUT2D eigenvalue weighted by molar-refractivity contribution is 5.87. The molecule has 0 aliphatic heterocycles. The zero-order valence-corrected chi connectivity index (χ0v) is 20.0. The van der Waals surface area contributed by atoms with Gasteiger partial charge in [-0.3, -0.25) is 9.59 Å². The number of carbonyl (C=O) groups is 2. The zero-order chi connectivity index (χ0) is 23.3. The number of rotatable bonds is 13. The Balaban J connectivity index is 2.03. The molecule has 0 aromatic heterocycles. The molecule has 0 saturated heterocycles. The third-order valence-electron chi connectivity index (χ3n) is 5.48. The second kappa shape index (κ2) is 13.6. The lowest BCUT2D eigenvalue weighted by atomic mass is 10.1. The number of unbranched alkanes of at least 4 members (excludes halogenated alkanes) is 1. The number of hydrogen-bond acceptors (Lipinski definition) is 3. The number of hydrogen-bond donors (Lipinski definition) is 1. The Labute approximate surface area is 193 Å². The second-order valence-electron chi connectivity index (χ2n) is 8.34. The summed E-state index contributed by atoms with van der Waals surface area (Å²) in [6, 6.07) is 15.5. The van der Waals surface area contributed by atoms with Gasteiger partial charge in [0.15, 0.2) is 0 Å². The average Bonchev–Trinajstić information content (AvgIpc) is 2.78. The van der Waals surface area contributed by atoms with Crippen molar-refractivity contribution < 1.29 is 14.3 Å². The van der Waals surface area contributed by atoms with Gasteiger partial charge in [0.25, 0.3) is 0 Å². The van der Waals surface area contributed by atoms with Crippen molar-refractivity contribution in [3.63, 3.8) is 0 Å². The number of benzene rings is 2. The molecular formula is C27H38N2O3. The molecule has 0 saturated carbocycles. The number of nitrogens with zero attached hydrogens (tertiary/aromatic N) is 1. The fourth-order valence-corrected chi connectivity index (χ4v) is 3.62. The van der Waals surface area contributed by atoms with Crippen molar-refractivity contribution in [2.75, 3.05) is 13.2 Å². The summed E-state index contributed by atoms with van der Waals surface area (Å²) in [6.45, 7) is 9.66. The summed E-state index contributed by atoms with van der Waals surface area (Å²) in [4.78, 5) is 27.8. The maximum absolute atomic E-state index is 13.2. The van der Waals surface area contributed by atoms with Crippen LogP contribution in [0.15, 0.2) is 48.5 Å². The van der Waals surface area contributed by atoms with Crippen LogP contribution in [0.1, 0.15) is 62.6 Å². The van der Waals surface area contributed by atoms with E-state index in [1.54, 1.807) is 4.90 Å². The standard InChI is InChI=1S/C27H38N2O3/c1-5-7-17-28-27(31)25(6-2)29(20-23-11-8-10-22(4)19-23)26(30)12-9-18-32-24-15-13-21(3)14-16-24/h8,10-11,13-16,19,25H,5-7,9,12,17-18,20H2,1-4H3,(H,28,31). The van der Waals surface area contributed by atoms with Crippen LogP contribution in [-0.2, 0) is 16.1 Å². The van der Waals surface area contributed by atoms with Crippen LogP contribution in [0.2, 0.25) is 0 Å². The topological polar surface area (TPSA) is 58.6 Å². The van der Waals surface area contributed by atoms with E-state index >= 15 is 0 Å². The fourth-order valence-electron chi connectivity index (χ4n) is 3.62. The summed E-state index contributed by atoms with van der Waals surface area (Å²) in [5, 5.41) is 3.00. The Morgan fingerprint density at radius 3 is 2.41 bits per heavy atom. The highest BCUT2D eigenvalue weighted by atomic mass is 16.5. The molecule has 0 bridgehead atoms. The summed E-state index contributed by atoms with van der Waals surface area (Å²) in [7, 11) is 0. The first-order valence-corrected chi connectivity index (χ1v) is 11.8. The third kappa shape index (κ3) is 8.37. The van der Waals surface area contributed by atoms with E-state index in [9.17, 15) is 9.59 Å². The minimum absolute atomic E-state index is 0.0171. The number of nitrogens with one attached hydrogen (secondary N) is 1. The van der Waals surface area contributed by atoms with Crippen molar-refractivity contribution in [3.8, 4) is 5.75 Å². The minimum Gasteiger partial charge on any atom is -0.494 e. The van der Waals surface area contributed by atoms with Crippen molar-refractivity contribution in [3.05, 3.63) is 65.2 Å². The Morgan fingerprint density at radius 1 is 1.00 bits per heavy atom. The zero-order valence-electron chi connectivity index (χ0n) is 20.0. The molecule has 1 unspecified atom stereocenters. The molecule has 2 amide bonds. The highest BCUT2D eigenvalue weighted by Gasteiger charge is 2.28. The molecular weight excluding hydrogens is 400 g/mol. The predicted octanol–water partition coefficient (Wildman–Crippen LogP) is 5.19. The van der Waals surface area contributed by atoms with Crippen LogP contribution in [-0.4, -0.2) is 35.9 Å². The highest BCUT2D eigenvalue weighted by Crippen LogP contribution is 2.16. The van der Waals surface area contributed by atoms with Gasteiger partial charge in [0.1, 0.15) is 11.8 Å². The van der Waals surface area contributed by atoms with Crippen LogP contribution in [0.4, 0.5) is 0 Å². The smallest absolute Gasteiger partial charge is 0.242 e. The van der Waals surface area contributed by atoms with Gasteiger partial charge < -0.3 is 15.0 Å². The summed E-state index contributed by atoms with van der Waals surface area (Å²) in [5.74, 6) is 0.718. The molecule has 174 valence electrons. The monoisotopic (exact) mass is 438 g/mol. The van der Waals surface area contributed by atoms with E-state index in [0.717, 1.165) is 29.7 Å². The molecule has 2 aromatic carbocycles. The average molecular weight is 439 g/mol. The Hall–Kier alpha value is -2.82. The first kappa shape index (κ1) is 25.4. The summed E-state index contributed by atoms with van der Waals surface area (Å²) < 4.78 is 5.77. The molecule has 0 radical (unpaired) electrons. The van der Waals surface area contributed by atoms with Gasteiger partial charge in [0, 0.05) is 19.5 Å². The maximum Gasteiger partial charge on any atom is 0.242 e. The van der Waals surface area contributed by atoms with Crippen molar-refractivity contribution in [2.45, 2.75) is 72.4 Å². The van der Waals surface area contributed by atoms with Crippen molar-refractivity contribution >= 4 is 11.8 Å². The lowest BCUT2D eigenvalue weighted by Gasteiger charge is -2.31. The number of amides is 2. The molecule has 0 heterocycles. The molecule has 2 rings (SSSR count). The summed E-state index contributed by atoms with van der Waals surface area (Å²) in [5.41, 5.74) is 3.36. The lowest BCUT2D eigenvalue weighted by Crippen LogP contribution is -2.49. The van der Waals surface area contributed by atoms with Crippen LogP contribution in [0.5, 0.6) is 5.75 Å². The van der Waals surface area contributed by atoms with Gasteiger partial charge in [0.05, 0.1) is 6.61 Å². The molecule has 5 heteroatoms. The molecule has 32 heavy (non-hydrogen) atoms. The molecule has 1 atom stereocenters. The van der Waals surface area contributed by atoms with Crippen molar-refractivity contribution in [1.82, 2.24) is 10.2 Å². The number of ether oxygens (including phenoxy) is 1. The van der Waals surface area contributed by atoms with Gasteiger partial charge in [-0.25, -0.2) is 0 Å². The van der Waals surface area contributed by atoms with Crippen molar-refractivity contribution in [1.29, 1.82) is 0 Å². The third-order valence-corrected chi connectivity index (χ3v) is 5.48. The van der Waals surface area contributed by atoms with Gasteiger partial charge >= 0.3 is 0 Å². The molecule has 0 spiro atoms. The molecule has 0 aliphatic carbocycles. The number of aryl methyl sites for hydroxylation is 2. The second-order valence-corrected chi connectivity index (χ2v) is 8.34.